The molecular formula is C10H14N4O3. The van der Waals surface area contributed by atoms with Gasteiger partial charge in [-0.15, -0.1) is 0 Å². The molecule has 0 spiro atoms. The van der Waals surface area contributed by atoms with Gasteiger partial charge in [0.1, 0.15) is 12.4 Å². The van der Waals surface area contributed by atoms with Crippen LogP contribution in [0, 0.1) is 0 Å². The van der Waals surface area contributed by atoms with E-state index < -0.39 is 18.0 Å². The number of hydrogen-bond acceptors (Lipinski definition) is 4. The Balaban J connectivity index is 2.37. The van der Waals surface area contributed by atoms with Crippen LogP contribution < -0.4 is 10.6 Å². The Labute approximate surface area is 98.3 Å². The second kappa shape index (κ2) is 6.41. The van der Waals surface area contributed by atoms with E-state index in [9.17, 15) is 9.59 Å². The van der Waals surface area contributed by atoms with Gasteiger partial charge in [0.15, 0.2) is 0 Å². The molecule has 7 nitrogen and oxygen atoms in total. The lowest BCUT2D eigenvalue weighted by atomic mass is 10.2. The number of amides is 2. The van der Waals surface area contributed by atoms with Gasteiger partial charge in [0.05, 0.1) is 12.2 Å². The molecule has 0 radical (unpaired) electrons. The number of nitrogens with one attached hydrogen (secondary N) is 2. The third kappa shape index (κ3) is 4.45. The van der Waals surface area contributed by atoms with E-state index in [4.69, 9.17) is 5.11 Å². The first kappa shape index (κ1) is 12.9. The van der Waals surface area contributed by atoms with Crippen molar-refractivity contribution in [3.8, 4) is 0 Å². The van der Waals surface area contributed by atoms with Crippen molar-refractivity contribution in [2.45, 2.75) is 25.9 Å². The van der Waals surface area contributed by atoms with E-state index in [1.165, 1.54) is 6.33 Å². The molecule has 0 aliphatic carbocycles. The summed E-state index contributed by atoms with van der Waals surface area (Å²) in [6.07, 6.45) is 3.27. The first-order valence-corrected chi connectivity index (χ1v) is 5.15. The van der Waals surface area contributed by atoms with Crippen molar-refractivity contribution in [2.24, 2.45) is 0 Å². The molecule has 0 saturated carbocycles. The molecule has 0 aromatic carbocycles. The lowest BCUT2D eigenvalue weighted by Crippen LogP contribution is -2.45. The van der Waals surface area contributed by atoms with E-state index in [2.05, 4.69) is 20.6 Å². The van der Waals surface area contributed by atoms with Gasteiger partial charge >= 0.3 is 12.0 Å². The number of urea groups is 1. The molecule has 0 fully saturated rings. The summed E-state index contributed by atoms with van der Waals surface area (Å²) in [4.78, 5) is 29.7. The highest BCUT2D eigenvalue weighted by Crippen LogP contribution is 1.92. The van der Waals surface area contributed by atoms with Crippen molar-refractivity contribution in [3.05, 3.63) is 24.3 Å². The minimum absolute atomic E-state index is 0.227. The number of carbonyl (C=O) groups is 2. The van der Waals surface area contributed by atoms with Gasteiger partial charge in [-0.25, -0.2) is 19.6 Å². The zero-order chi connectivity index (χ0) is 12.7. The third-order valence-corrected chi connectivity index (χ3v) is 2.08. The molecule has 0 bridgehead atoms. The standard InChI is InChI=1S/C10H14N4O3/c1-2-8(9(15)16)14-10(17)12-5-7-3-4-11-6-13-7/h3-4,6,8H,2,5H2,1H3,(H,15,16)(H2,12,14,17). The molecule has 7 heteroatoms. The molecule has 1 heterocycles. The summed E-state index contributed by atoms with van der Waals surface area (Å²) in [6.45, 7) is 1.91. The Bertz CT molecular complexity index is 382. The topological polar surface area (TPSA) is 104 Å². The molecule has 1 rings (SSSR count). The van der Waals surface area contributed by atoms with Crippen LogP contribution in [0.15, 0.2) is 18.6 Å². The van der Waals surface area contributed by atoms with E-state index in [1.54, 1.807) is 19.2 Å². The average Bonchev–Trinajstić information content (AvgIpc) is 2.34. The smallest absolute Gasteiger partial charge is 0.326 e. The number of rotatable bonds is 5. The Hall–Kier alpha value is -2.18. The molecule has 1 unspecified atom stereocenters. The minimum Gasteiger partial charge on any atom is -0.480 e. The fourth-order valence-electron chi connectivity index (χ4n) is 1.14. The molecule has 0 aliphatic rings. The Morgan fingerprint density at radius 3 is 2.82 bits per heavy atom. The summed E-state index contributed by atoms with van der Waals surface area (Å²) in [5, 5.41) is 13.6. The second-order valence-electron chi connectivity index (χ2n) is 3.33. The Kier molecular flexibility index (Phi) is 4.86. The quantitative estimate of drug-likeness (QED) is 0.676. The van der Waals surface area contributed by atoms with Crippen LogP contribution in [-0.2, 0) is 11.3 Å². The SMILES string of the molecule is CCC(NC(=O)NCc1ccncn1)C(=O)O. The Morgan fingerprint density at radius 1 is 1.53 bits per heavy atom. The van der Waals surface area contributed by atoms with Crippen molar-refractivity contribution >= 4 is 12.0 Å². The van der Waals surface area contributed by atoms with Gasteiger partial charge in [-0.2, -0.15) is 0 Å². The maximum absolute atomic E-state index is 11.4. The molecular weight excluding hydrogens is 224 g/mol. The second-order valence-corrected chi connectivity index (χ2v) is 3.33. The van der Waals surface area contributed by atoms with Crippen LogP contribution >= 0.6 is 0 Å². The molecule has 92 valence electrons. The molecule has 0 aliphatic heterocycles. The van der Waals surface area contributed by atoms with E-state index in [0.29, 0.717) is 12.1 Å². The number of carboxylic acid groups (broad SMARTS) is 1. The summed E-state index contributed by atoms with van der Waals surface area (Å²) in [5.41, 5.74) is 0.651. The van der Waals surface area contributed by atoms with Crippen LogP contribution in [0.2, 0.25) is 0 Å². The summed E-state index contributed by atoms with van der Waals surface area (Å²) in [7, 11) is 0. The molecule has 1 atom stereocenters. The van der Waals surface area contributed by atoms with Crippen LogP contribution in [0.5, 0.6) is 0 Å². The van der Waals surface area contributed by atoms with Crippen molar-refractivity contribution in [1.82, 2.24) is 20.6 Å². The zero-order valence-corrected chi connectivity index (χ0v) is 9.38. The fraction of sp³-hybridized carbons (Fsp3) is 0.400. The summed E-state index contributed by atoms with van der Waals surface area (Å²) in [5.74, 6) is -1.05. The van der Waals surface area contributed by atoms with Crippen LogP contribution in [0.1, 0.15) is 19.0 Å². The van der Waals surface area contributed by atoms with Crippen molar-refractivity contribution in [1.29, 1.82) is 0 Å². The number of carbonyl (C=O) groups excluding carboxylic acids is 1. The lowest BCUT2D eigenvalue weighted by Gasteiger charge is -2.12. The maximum Gasteiger partial charge on any atom is 0.326 e. The first-order valence-electron chi connectivity index (χ1n) is 5.15. The van der Waals surface area contributed by atoms with Crippen LogP contribution in [0.4, 0.5) is 4.79 Å². The number of nitrogens with zero attached hydrogens (tertiary/aromatic N) is 2. The average molecular weight is 238 g/mol. The van der Waals surface area contributed by atoms with Gasteiger partial charge in [0.25, 0.3) is 0 Å². The molecule has 1 aromatic heterocycles. The molecule has 2 amide bonds. The van der Waals surface area contributed by atoms with Gasteiger partial charge in [-0.05, 0) is 12.5 Å². The van der Waals surface area contributed by atoms with Crippen molar-refractivity contribution < 1.29 is 14.7 Å². The molecule has 0 saturated heterocycles. The summed E-state index contributed by atoms with van der Waals surface area (Å²) >= 11 is 0. The van der Waals surface area contributed by atoms with E-state index >= 15 is 0 Å². The van der Waals surface area contributed by atoms with Gasteiger partial charge < -0.3 is 15.7 Å². The lowest BCUT2D eigenvalue weighted by molar-refractivity contribution is -0.139. The van der Waals surface area contributed by atoms with Crippen LogP contribution in [0.3, 0.4) is 0 Å². The van der Waals surface area contributed by atoms with Gasteiger partial charge in [0.2, 0.25) is 0 Å². The van der Waals surface area contributed by atoms with Crippen molar-refractivity contribution in [3.63, 3.8) is 0 Å². The highest BCUT2D eigenvalue weighted by Gasteiger charge is 2.16. The Morgan fingerprint density at radius 2 is 2.29 bits per heavy atom. The molecule has 17 heavy (non-hydrogen) atoms. The van der Waals surface area contributed by atoms with E-state index in [0.717, 1.165) is 0 Å². The normalized spacial score (nSPS) is 11.6. The number of aliphatic carboxylic acids is 1. The first-order chi connectivity index (χ1) is 8.13. The van der Waals surface area contributed by atoms with Crippen LogP contribution in [-0.4, -0.2) is 33.1 Å². The van der Waals surface area contributed by atoms with Crippen LogP contribution in [0.25, 0.3) is 0 Å². The molecule has 3 N–H and O–H groups in total. The highest BCUT2D eigenvalue weighted by atomic mass is 16.4. The summed E-state index contributed by atoms with van der Waals surface area (Å²) in [6, 6.07) is 0.257. The third-order valence-electron chi connectivity index (χ3n) is 2.08. The molecule has 1 aromatic rings. The van der Waals surface area contributed by atoms with Gasteiger partial charge in [-0.1, -0.05) is 6.92 Å². The van der Waals surface area contributed by atoms with Crippen molar-refractivity contribution in [2.75, 3.05) is 0 Å². The fourth-order valence-corrected chi connectivity index (χ4v) is 1.14. The monoisotopic (exact) mass is 238 g/mol. The van der Waals surface area contributed by atoms with E-state index in [-0.39, 0.29) is 6.54 Å². The highest BCUT2D eigenvalue weighted by molar-refractivity contribution is 5.82. The number of hydrogen-bond donors (Lipinski definition) is 3. The van der Waals surface area contributed by atoms with Gasteiger partial charge in [-0.3, -0.25) is 0 Å². The predicted molar refractivity (Wildman–Crippen MR) is 59.1 cm³/mol. The zero-order valence-electron chi connectivity index (χ0n) is 9.38. The maximum atomic E-state index is 11.4. The minimum atomic E-state index is -1.05. The predicted octanol–water partition coefficient (Wildman–Crippen LogP) is 0.139. The summed E-state index contributed by atoms with van der Waals surface area (Å²) < 4.78 is 0. The largest absolute Gasteiger partial charge is 0.480 e. The number of aromatic nitrogens is 2. The van der Waals surface area contributed by atoms with E-state index in [1.807, 2.05) is 0 Å². The number of carboxylic acids is 1. The van der Waals surface area contributed by atoms with Gasteiger partial charge in [0, 0.05) is 6.20 Å².